The summed E-state index contributed by atoms with van der Waals surface area (Å²) in [7, 11) is 0. The molecule has 2 heteroatoms. The third-order valence-corrected chi connectivity index (χ3v) is 3.31. The molecule has 2 N–H and O–H groups in total. The first kappa shape index (κ1) is 9.63. The van der Waals surface area contributed by atoms with Gasteiger partial charge < -0.3 is 10.4 Å². The van der Waals surface area contributed by atoms with Crippen molar-refractivity contribution in [1.29, 1.82) is 0 Å². The van der Waals surface area contributed by atoms with Gasteiger partial charge in [0, 0.05) is 12.2 Å². The average Bonchev–Trinajstić information content (AvgIpc) is 2.47. The minimum absolute atomic E-state index is 0.342. The predicted octanol–water partition coefficient (Wildman–Crippen LogP) is 2.88. The summed E-state index contributed by atoms with van der Waals surface area (Å²) in [5, 5.41) is 12.5. The Morgan fingerprint density at radius 2 is 1.86 bits per heavy atom. The van der Waals surface area contributed by atoms with Crippen molar-refractivity contribution in [3.8, 4) is 0 Å². The quantitative estimate of drug-likeness (QED) is 0.628. The molecule has 1 fully saturated rings. The smallest absolute Gasteiger partial charge is 0.130 e. The van der Waals surface area contributed by atoms with E-state index in [0.717, 1.165) is 5.92 Å². The van der Waals surface area contributed by atoms with Gasteiger partial charge in [0.2, 0.25) is 0 Å². The number of aliphatic hydroxyl groups is 1. The molecule has 1 atom stereocenters. The van der Waals surface area contributed by atoms with E-state index in [0.29, 0.717) is 11.8 Å². The minimum Gasteiger partial charge on any atom is -0.506 e. The van der Waals surface area contributed by atoms with Gasteiger partial charge in [-0.25, -0.2) is 0 Å². The predicted molar refractivity (Wildman–Crippen MR) is 58.0 cm³/mol. The van der Waals surface area contributed by atoms with Gasteiger partial charge in [0.25, 0.3) is 0 Å². The van der Waals surface area contributed by atoms with E-state index in [1.54, 1.807) is 6.20 Å². The number of hydrogen-bond donors (Lipinski definition) is 2. The van der Waals surface area contributed by atoms with Crippen LogP contribution in [0.5, 0.6) is 0 Å². The summed E-state index contributed by atoms with van der Waals surface area (Å²) >= 11 is 0. The first-order valence-electron chi connectivity index (χ1n) is 5.69. The molecule has 0 aromatic carbocycles. The largest absolute Gasteiger partial charge is 0.506 e. The number of aliphatic hydroxyl groups excluding tert-OH is 1. The van der Waals surface area contributed by atoms with Crippen LogP contribution in [0.4, 0.5) is 0 Å². The minimum atomic E-state index is 0.342. The molecule has 0 amide bonds. The van der Waals surface area contributed by atoms with Gasteiger partial charge in [-0.05, 0) is 24.8 Å². The van der Waals surface area contributed by atoms with Crippen LogP contribution >= 0.6 is 0 Å². The Labute approximate surface area is 85.7 Å². The van der Waals surface area contributed by atoms with Crippen LogP contribution in [0, 0.1) is 5.92 Å². The summed E-state index contributed by atoms with van der Waals surface area (Å²) in [5.74, 6) is 1.10. The molecule has 1 heterocycles. The fourth-order valence-corrected chi connectivity index (χ4v) is 2.45. The summed E-state index contributed by atoms with van der Waals surface area (Å²) in [6.07, 6.45) is 13.8. The van der Waals surface area contributed by atoms with Crippen molar-refractivity contribution in [1.82, 2.24) is 5.32 Å². The van der Waals surface area contributed by atoms with Crippen LogP contribution in [0.15, 0.2) is 24.1 Å². The van der Waals surface area contributed by atoms with Crippen LogP contribution in [0.25, 0.3) is 0 Å². The zero-order chi connectivity index (χ0) is 9.80. The molecule has 2 rings (SSSR count). The fraction of sp³-hybridized carbons (Fsp3) is 0.667. The standard InChI is InChI=1S/C12H19NO/c14-11-7-8-12(13-9-11)10-5-3-1-2-4-6-10/h7-10,12-14H,1-6H2. The van der Waals surface area contributed by atoms with Gasteiger partial charge >= 0.3 is 0 Å². The monoisotopic (exact) mass is 193 g/mol. The van der Waals surface area contributed by atoms with Gasteiger partial charge in [-0.2, -0.15) is 0 Å². The number of hydrogen-bond acceptors (Lipinski definition) is 2. The van der Waals surface area contributed by atoms with Crippen LogP contribution in [0.2, 0.25) is 0 Å². The molecule has 0 radical (unpaired) electrons. The molecule has 0 bridgehead atoms. The van der Waals surface area contributed by atoms with Crippen molar-refractivity contribution < 1.29 is 5.11 Å². The van der Waals surface area contributed by atoms with Crippen molar-refractivity contribution in [2.75, 3.05) is 0 Å². The Morgan fingerprint density at radius 1 is 1.14 bits per heavy atom. The maximum Gasteiger partial charge on any atom is 0.130 e. The number of dihydropyridines is 1. The highest BCUT2D eigenvalue weighted by Crippen LogP contribution is 2.27. The number of nitrogens with one attached hydrogen (secondary N) is 1. The lowest BCUT2D eigenvalue weighted by Gasteiger charge is -2.25. The van der Waals surface area contributed by atoms with Crippen molar-refractivity contribution in [2.24, 2.45) is 5.92 Å². The molecule has 0 saturated heterocycles. The van der Waals surface area contributed by atoms with E-state index in [1.165, 1.54) is 38.5 Å². The van der Waals surface area contributed by atoms with E-state index in [-0.39, 0.29) is 0 Å². The molecule has 1 unspecified atom stereocenters. The molecule has 2 nitrogen and oxygen atoms in total. The van der Waals surface area contributed by atoms with Gasteiger partial charge in [-0.15, -0.1) is 0 Å². The lowest BCUT2D eigenvalue weighted by molar-refractivity contribution is 0.367. The van der Waals surface area contributed by atoms with Crippen LogP contribution in [-0.4, -0.2) is 11.1 Å². The summed E-state index contributed by atoms with van der Waals surface area (Å²) in [6.45, 7) is 0. The van der Waals surface area contributed by atoms with Crippen LogP contribution in [0.1, 0.15) is 38.5 Å². The first-order valence-corrected chi connectivity index (χ1v) is 5.69. The number of allylic oxidation sites excluding steroid dienone is 1. The lowest BCUT2D eigenvalue weighted by atomic mass is 9.91. The Hall–Kier alpha value is -0.920. The van der Waals surface area contributed by atoms with E-state index >= 15 is 0 Å². The van der Waals surface area contributed by atoms with Gasteiger partial charge in [0.15, 0.2) is 0 Å². The summed E-state index contributed by atoms with van der Waals surface area (Å²) < 4.78 is 0. The second-order valence-electron chi connectivity index (χ2n) is 4.37. The van der Waals surface area contributed by atoms with Gasteiger partial charge in [0.05, 0.1) is 0 Å². The lowest BCUT2D eigenvalue weighted by Crippen LogP contribution is -2.32. The third kappa shape index (κ3) is 2.31. The number of rotatable bonds is 1. The zero-order valence-electron chi connectivity index (χ0n) is 8.58. The molecule has 2 aliphatic rings. The van der Waals surface area contributed by atoms with Crippen LogP contribution in [0.3, 0.4) is 0 Å². The SMILES string of the molecule is OC1=CNC(C2CCCCCC2)C=C1. The van der Waals surface area contributed by atoms with E-state index in [2.05, 4.69) is 11.4 Å². The Morgan fingerprint density at radius 3 is 2.43 bits per heavy atom. The summed E-state index contributed by atoms with van der Waals surface area (Å²) in [5.41, 5.74) is 0. The highest BCUT2D eigenvalue weighted by molar-refractivity contribution is 5.18. The van der Waals surface area contributed by atoms with Crippen LogP contribution < -0.4 is 5.32 Å². The first-order chi connectivity index (χ1) is 6.86. The average molecular weight is 193 g/mol. The van der Waals surface area contributed by atoms with E-state index in [1.807, 2.05) is 6.08 Å². The summed E-state index contributed by atoms with van der Waals surface area (Å²) in [6, 6.07) is 0.448. The molecule has 1 aliphatic carbocycles. The van der Waals surface area contributed by atoms with E-state index in [9.17, 15) is 5.11 Å². The van der Waals surface area contributed by atoms with E-state index < -0.39 is 0 Å². The van der Waals surface area contributed by atoms with Gasteiger partial charge in [-0.3, -0.25) is 0 Å². The van der Waals surface area contributed by atoms with Crippen molar-refractivity contribution in [3.63, 3.8) is 0 Å². The molecule has 0 aromatic heterocycles. The fourth-order valence-electron chi connectivity index (χ4n) is 2.45. The second-order valence-corrected chi connectivity index (χ2v) is 4.37. The van der Waals surface area contributed by atoms with Crippen LogP contribution in [-0.2, 0) is 0 Å². The molecule has 78 valence electrons. The van der Waals surface area contributed by atoms with Gasteiger partial charge in [0.1, 0.15) is 5.76 Å². The van der Waals surface area contributed by atoms with E-state index in [4.69, 9.17) is 0 Å². The topological polar surface area (TPSA) is 32.3 Å². The molecular formula is C12H19NO. The highest BCUT2D eigenvalue weighted by Gasteiger charge is 2.20. The molecular weight excluding hydrogens is 174 g/mol. The van der Waals surface area contributed by atoms with Gasteiger partial charge in [-0.1, -0.05) is 31.8 Å². The second kappa shape index (κ2) is 4.54. The molecule has 0 aromatic rings. The normalized spacial score (nSPS) is 29.1. The maximum atomic E-state index is 9.19. The molecule has 1 saturated carbocycles. The molecule has 0 spiro atoms. The Balaban J connectivity index is 1.91. The highest BCUT2D eigenvalue weighted by atomic mass is 16.3. The Bertz CT molecular complexity index is 237. The molecule has 1 aliphatic heterocycles. The Kier molecular flexibility index (Phi) is 3.12. The summed E-state index contributed by atoms with van der Waals surface area (Å²) in [4.78, 5) is 0. The van der Waals surface area contributed by atoms with Crippen molar-refractivity contribution in [2.45, 2.75) is 44.6 Å². The zero-order valence-corrected chi connectivity index (χ0v) is 8.58. The maximum absolute atomic E-state index is 9.19. The molecule has 14 heavy (non-hydrogen) atoms. The van der Waals surface area contributed by atoms with Crippen molar-refractivity contribution in [3.05, 3.63) is 24.1 Å². The van der Waals surface area contributed by atoms with Crippen molar-refractivity contribution >= 4 is 0 Å². The third-order valence-electron chi connectivity index (χ3n) is 3.31.